The van der Waals surface area contributed by atoms with Gasteiger partial charge in [-0.25, -0.2) is 4.98 Å². The molecule has 0 spiro atoms. The van der Waals surface area contributed by atoms with Gasteiger partial charge in [-0.2, -0.15) is 0 Å². The fourth-order valence-electron chi connectivity index (χ4n) is 1.53. The second kappa shape index (κ2) is 4.57. The van der Waals surface area contributed by atoms with Crippen LogP contribution in [0.25, 0.3) is 0 Å². The first-order chi connectivity index (χ1) is 7.59. The zero-order valence-electron chi connectivity index (χ0n) is 9.14. The molecular formula is C11H13ClN2OS. The summed E-state index contributed by atoms with van der Waals surface area (Å²) < 4.78 is 1.90. The third-order valence-corrected chi connectivity index (χ3v) is 4.34. The van der Waals surface area contributed by atoms with E-state index in [9.17, 15) is 5.11 Å². The number of aromatic nitrogens is 2. The minimum absolute atomic E-state index is 0.489. The van der Waals surface area contributed by atoms with Crippen molar-refractivity contribution in [1.29, 1.82) is 0 Å². The van der Waals surface area contributed by atoms with Crippen LogP contribution in [0.1, 0.15) is 22.4 Å². The Hall–Kier alpha value is -0.840. The Morgan fingerprint density at radius 2 is 2.38 bits per heavy atom. The Balaban J connectivity index is 2.18. The second-order valence-electron chi connectivity index (χ2n) is 3.77. The Kier molecular flexibility index (Phi) is 3.33. The maximum atomic E-state index is 10.1. The molecule has 0 aliphatic rings. The highest BCUT2D eigenvalue weighted by Gasteiger charge is 2.17. The number of halogens is 1. The lowest BCUT2D eigenvalue weighted by Gasteiger charge is -2.09. The van der Waals surface area contributed by atoms with Gasteiger partial charge in [0.05, 0.1) is 16.0 Å². The summed E-state index contributed by atoms with van der Waals surface area (Å²) in [6.07, 6.45) is 3.50. The number of nitrogens with zero attached hydrogens (tertiary/aromatic N) is 2. The summed E-state index contributed by atoms with van der Waals surface area (Å²) in [4.78, 5) is 5.00. The monoisotopic (exact) mass is 256 g/mol. The van der Waals surface area contributed by atoms with Gasteiger partial charge in [-0.3, -0.25) is 0 Å². The maximum absolute atomic E-state index is 10.1. The molecule has 0 saturated heterocycles. The van der Waals surface area contributed by atoms with E-state index in [0.29, 0.717) is 11.4 Å². The number of hydrogen-bond acceptors (Lipinski definition) is 3. The molecule has 0 fully saturated rings. The smallest absolute Gasteiger partial charge is 0.111 e. The average molecular weight is 257 g/mol. The first kappa shape index (κ1) is 11.6. The molecule has 2 aromatic heterocycles. The first-order valence-electron chi connectivity index (χ1n) is 4.97. The first-order valence-corrected chi connectivity index (χ1v) is 6.23. The fraction of sp³-hybridized carbons (Fsp3) is 0.364. The van der Waals surface area contributed by atoms with E-state index in [1.165, 1.54) is 11.3 Å². The van der Waals surface area contributed by atoms with Gasteiger partial charge in [-0.05, 0) is 17.9 Å². The van der Waals surface area contributed by atoms with Gasteiger partial charge in [0.2, 0.25) is 0 Å². The summed E-state index contributed by atoms with van der Waals surface area (Å²) in [7, 11) is 1.91. The molecule has 3 nitrogen and oxygen atoms in total. The van der Waals surface area contributed by atoms with E-state index in [4.69, 9.17) is 11.6 Å². The van der Waals surface area contributed by atoms with E-state index in [1.807, 2.05) is 30.1 Å². The highest BCUT2D eigenvalue weighted by Crippen LogP contribution is 2.33. The molecule has 0 amide bonds. The molecule has 0 aliphatic carbocycles. The Labute approximate surface area is 103 Å². The highest BCUT2D eigenvalue weighted by atomic mass is 35.5. The number of thiophene rings is 1. The Morgan fingerprint density at radius 1 is 1.62 bits per heavy atom. The third kappa shape index (κ3) is 2.14. The van der Waals surface area contributed by atoms with Gasteiger partial charge in [0, 0.05) is 25.9 Å². The van der Waals surface area contributed by atoms with Gasteiger partial charge < -0.3 is 9.67 Å². The van der Waals surface area contributed by atoms with Gasteiger partial charge in [-0.1, -0.05) is 11.6 Å². The van der Waals surface area contributed by atoms with Crippen LogP contribution in [-0.4, -0.2) is 14.7 Å². The molecule has 1 atom stereocenters. The van der Waals surface area contributed by atoms with Crippen LogP contribution in [0.15, 0.2) is 17.8 Å². The molecule has 2 aromatic rings. The van der Waals surface area contributed by atoms with Gasteiger partial charge >= 0.3 is 0 Å². The van der Waals surface area contributed by atoms with Crippen LogP contribution < -0.4 is 0 Å². The number of aliphatic hydroxyl groups is 1. The molecule has 0 radical (unpaired) electrons. The van der Waals surface area contributed by atoms with Crippen molar-refractivity contribution in [2.45, 2.75) is 19.4 Å². The van der Waals surface area contributed by atoms with E-state index >= 15 is 0 Å². The van der Waals surface area contributed by atoms with Crippen molar-refractivity contribution in [1.82, 2.24) is 9.55 Å². The van der Waals surface area contributed by atoms with Crippen LogP contribution in [-0.2, 0) is 13.5 Å². The van der Waals surface area contributed by atoms with Crippen molar-refractivity contribution in [3.63, 3.8) is 0 Å². The van der Waals surface area contributed by atoms with E-state index in [2.05, 4.69) is 4.98 Å². The number of imidazole rings is 1. The van der Waals surface area contributed by atoms with Crippen molar-refractivity contribution >= 4 is 22.9 Å². The topological polar surface area (TPSA) is 38.1 Å². The van der Waals surface area contributed by atoms with Gasteiger partial charge in [-0.15, -0.1) is 11.3 Å². The fourth-order valence-corrected chi connectivity index (χ4v) is 2.84. The van der Waals surface area contributed by atoms with Crippen molar-refractivity contribution in [3.05, 3.63) is 39.1 Å². The minimum atomic E-state index is -0.577. The standard InChI is InChI=1S/C11H13ClN2OS/c1-7-6-16-11(10(7)12)8(15)5-9-13-3-4-14(9)2/h3-4,6,8,15H,5H2,1-2H3. The maximum Gasteiger partial charge on any atom is 0.111 e. The van der Waals surface area contributed by atoms with Gasteiger partial charge in [0.15, 0.2) is 0 Å². The van der Waals surface area contributed by atoms with Crippen LogP contribution in [0.5, 0.6) is 0 Å². The molecule has 0 bridgehead atoms. The van der Waals surface area contributed by atoms with E-state index in [0.717, 1.165) is 16.3 Å². The van der Waals surface area contributed by atoms with Crippen molar-refractivity contribution in [2.24, 2.45) is 7.05 Å². The molecule has 1 unspecified atom stereocenters. The lowest BCUT2D eigenvalue weighted by molar-refractivity contribution is 0.178. The van der Waals surface area contributed by atoms with Crippen LogP contribution in [0.3, 0.4) is 0 Å². The number of aryl methyl sites for hydroxylation is 2. The van der Waals surface area contributed by atoms with Crippen LogP contribution in [0.2, 0.25) is 5.02 Å². The summed E-state index contributed by atoms with van der Waals surface area (Å²) >= 11 is 7.60. The molecule has 2 rings (SSSR count). The molecule has 16 heavy (non-hydrogen) atoms. The summed E-state index contributed by atoms with van der Waals surface area (Å²) in [5.41, 5.74) is 1.01. The highest BCUT2D eigenvalue weighted by molar-refractivity contribution is 7.10. The van der Waals surface area contributed by atoms with Crippen molar-refractivity contribution < 1.29 is 5.11 Å². The molecule has 0 aromatic carbocycles. The van der Waals surface area contributed by atoms with Crippen LogP contribution in [0, 0.1) is 6.92 Å². The predicted molar refractivity (Wildman–Crippen MR) is 65.9 cm³/mol. The van der Waals surface area contributed by atoms with Gasteiger partial charge in [0.25, 0.3) is 0 Å². The summed E-state index contributed by atoms with van der Waals surface area (Å²) in [6.45, 7) is 1.94. The number of aliphatic hydroxyl groups excluding tert-OH is 1. The molecule has 1 N–H and O–H groups in total. The lowest BCUT2D eigenvalue weighted by atomic mass is 10.2. The number of hydrogen-bond donors (Lipinski definition) is 1. The van der Waals surface area contributed by atoms with E-state index in [1.54, 1.807) is 6.20 Å². The predicted octanol–water partition coefficient (Wildman–Crippen LogP) is 2.72. The zero-order valence-corrected chi connectivity index (χ0v) is 10.7. The van der Waals surface area contributed by atoms with E-state index < -0.39 is 6.10 Å². The van der Waals surface area contributed by atoms with Crippen LogP contribution >= 0.6 is 22.9 Å². The Bertz CT molecular complexity index is 492. The molecule has 0 saturated carbocycles. The summed E-state index contributed by atoms with van der Waals surface area (Å²) in [5.74, 6) is 0.856. The average Bonchev–Trinajstić information content (AvgIpc) is 2.77. The Morgan fingerprint density at radius 3 is 2.88 bits per heavy atom. The second-order valence-corrected chi connectivity index (χ2v) is 5.06. The summed E-state index contributed by atoms with van der Waals surface area (Å²) in [5, 5.41) is 12.7. The summed E-state index contributed by atoms with van der Waals surface area (Å²) in [6, 6.07) is 0. The number of rotatable bonds is 3. The molecule has 0 aliphatic heterocycles. The molecule has 5 heteroatoms. The third-order valence-electron chi connectivity index (χ3n) is 2.52. The van der Waals surface area contributed by atoms with Crippen molar-refractivity contribution in [3.8, 4) is 0 Å². The largest absolute Gasteiger partial charge is 0.387 e. The van der Waals surface area contributed by atoms with Crippen LogP contribution in [0.4, 0.5) is 0 Å². The SMILES string of the molecule is Cc1csc(C(O)Cc2nccn2C)c1Cl. The molecule has 86 valence electrons. The van der Waals surface area contributed by atoms with Crippen molar-refractivity contribution in [2.75, 3.05) is 0 Å². The quantitative estimate of drug-likeness (QED) is 0.917. The van der Waals surface area contributed by atoms with E-state index in [-0.39, 0.29) is 0 Å². The minimum Gasteiger partial charge on any atom is -0.387 e. The lowest BCUT2D eigenvalue weighted by Crippen LogP contribution is -2.05. The van der Waals surface area contributed by atoms with Gasteiger partial charge in [0.1, 0.15) is 5.82 Å². The molecule has 2 heterocycles. The molecular weight excluding hydrogens is 244 g/mol. The zero-order chi connectivity index (χ0) is 11.7. The normalized spacial score (nSPS) is 13.0.